The molecule has 0 radical (unpaired) electrons. The van der Waals surface area contributed by atoms with Crippen LogP contribution in [-0.2, 0) is 6.18 Å². The summed E-state index contributed by atoms with van der Waals surface area (Å²) in [5, 5.41) is 19.7. The summed E-state index contributed by atoms with van der Waals surface area (Å²) in [5.74, 6) is 0. The Labute approximate surface area is 132 Å². The normalized spacial score (nSPS) is 11.4. The van der Waals surface area contributed by atoms with Gasteiger partial charge in [0.15, 0.2) is 11.4 Å². The Kier molecular flexibility index (Phi) is 3.61. The number of aromatic nitrogens is 4. The maximum Gasteiger partial charge on any atom is 0.416 e. The summed E-state index contributed by atoms with van der Waals surface area (Å²) < 4.78 is 38.0. The molecular formula is C14H8F3N5S. The molecule has 0 spiro atoms. The molecule has 0 atom stereocenters. The minimum absolute atomic E-state index is 0.156. The summed E-state index contributed by atoms with van der Waals surface area (Å²) in [6.07, 6.45) is -4.38. The Morgan fingerprint density at radius 1 is 1.17 bits per heavy atom. The first kappa shape index (κ1) is 15.2. The second kappa shape index (κ2) is 5.48. The van der Waals surface area contributed by atoms with Gasteiger partial charge in [0.25, 0.3) is 0 Å². The number of nitrogens with one attached hydrogen (secondary N) is 1. The molecule has 0 aliphatic heterocycles. The number of nitriles is 1. The van der Waals surface area contributed by atoms with E-state index in [2.05, 4.69) is 20.4 Å². The van der Waals surface area contributed by atoms with E-state index in [9.17, 15) is 13.2 Å². The van der Waals surface area contributed by atoms with Crippen LogP contribution in [0.3, 0.4) is 0 Å². The number of benzene rings is 1. The zero-order valence-electron chi connectivity index (χ0n) is 11.6. The Balaban J connectivity index is 2.10. The number of alkyl halides is 3. The average molecular weight is 335 g/mol. The van der Waals surface area contributed by atoms with Crippen molar-refractivity contribution in [2.24, 2.45) is 0 Å². The van der Waals surface area contributed by atoms with Crippen LogP contribution < -0.4 is 0 Å². The van der Waals surface area contributed by atoms with Crippen molar-refractivity contribution >= 4 is 11.3 Å². The molecular weight excluding hydrogens is 327 g/mol. The van der Waals surface area contributed by atoms with E-state index in [-0.39, 0.29) is 11.4 Å². The van der Waals surface area contributed by atoms with Crippen molar-refractivity contribution in [2.45, 2.75) is 13.1 Å². The highest BCUT2D eigenvalue weighted by Gasteiger charge is 2.30. The molecule has 2 aromatic heterocycles. The minimum Gasteiger partial charge on any atom is -0.247 e. The molecule has 116 valence electrons. The Bertz CT molecular complexity index is 887. The van der Waals surface area contributed by atoms with Crippen molar-refractivity contribution in [1.82, 2.24) is 20.4 Å². The Morgan fingerprint density at radius 2 is 1.87 bits per heavy atom. The van der Waals surface area contributed by atoms with Gasteiger partial charge in [-0.1, -0.05) is 17.3 Å². The van der Waals surface area contributed by atoms with Gasteiger partial charge in [-0.15, -0.1) is 16.4 Å². The monoisotopic (exact) mass is 335 g/mol. The summed E-state index contributed by atoms with van der Waals surface area (Å²) in [4.78, 5) is 4.97. The molecule has 0 saturated carbocycles. The number of hydrogen-bond acceptors (Lipinski definition) is 5. The van der Waals surface area contributed by atoms with Gasteiger partial charge in [0, 0.05) is 0 Å². The Morgan fingerprint density at radius 3 is 2.48 bits per heavy atom. The third-order valence-corrected chi connectivity index (χ3v) is 4.11. The highest BCUT2D eigenvalue weighted by Crippen LogP contribution is 2.38. The molecule has 0 aliphatic rings. The van der Waals surface area contributed by atoms with Gasteiger partial charge in [0.1, 0.15) is 11.8 Å². The summed E-state index contributed by atoms with van der Waals surface area (Å²) in [6.45, 7) is 1.77. The number of H-pyrrole nitrogens is 1. The lowest BCUT2D eigenvalue weighted by Gasteiger charge is -2.07. The second-order valence-electron chi connectivity index (χ2n) is 4.63. The molecule has 9 heteroatoms. The molecule has 0 aliphatic carbocycles. The van der Waals surface area contributed by atoms with Gasteiger partial charge in [-0.25, -0.2) is 10.1 Å². The predicted molar refractivity (Wildman–Crippen MR) is 77.4 cm³/mol. The van der Waals surface area contributed by atoms with Crippen molar-refractivity contribution < 1.29 is 13.2 Å². The van der Waals surface area contributed by atoms with E-state index >= 15 is 0 Å². The molecule has 2 heterocycles. The maximum absolute atomic E-state index is 12.7. The van der Waals surface area contributed by atoms with E-state index in [0.29, 0.717) is 21.1 Å². The summed E-state index contributed by atoms with van der Waals surface area (Å²) >= 11 is 1.31. The largest absolute Gasteiger partial charge is 0.416 e. The smallest absolute Gasteiger partial charge is 0.247 e. The zero-order chi connectivity index (χ0) is 16.6. The van der Waals surface area contributed by atoms with Gasteiger partial charge in [0.2, 0.25) is 0 Å². The zero-order valence-corrected chi connectivity index (χ0v) is 12.5. The van der Waals surface area contributed by atoms with Gasteiger partial charge in [-0.05, 0) is 24.6 Å². The number of hydrogen-bond donors (Lipinski definition) is 1. The molecule has 0 fully saturated rings. The summed E-state index contributed by atoms with van der Waals surface area (Å²) in [6, 6.07) is 6.72. The van der Waals surface area contributed by atoms with Gasteiger partial charge in [-0.3, -0.25) is 0 Å². The van der Waals surface area contributed by atoms with Crippen LogP contribution in [0.25, 0.3) is 21.8 Å². The van der Waals surface area contributed by atoms with Crippen LogP contribution >= 0.6 is 11.3 Å². The first-order valence-electron chi connectivity index (χ1n) is 6.36. The SMILES string of the molecule is Cc1nc(-c2nn[nH]c2C#N)c(-c2ccc(C(F)(F)F)cc2)s1. The number of aryl methyl sites for hydroxylation is 1. The van der Waals surface area contributed by atoms with Gasteiger partial charge in [0.05, 0.1) is 15.4 Å². The fourth-order valence-corrected chi connectivity index (χ4v) is 2.99. The molecule has 5 nitrogen and oxygen atoms in total. The van der Waals surface area contributed by atoms with E-state index in [0.717, 1.165) is 12.1 Å². The van der Waals surface area contributed by atoms with Crippen LogP contribution in [-0.4, -0.2) is 20.4 Å². The fraction of sp³-hybridized carbons (Fsp3) is 0.143. The third-order valence-electron chi connectivity index (χ3n) is 3.09. The highest BCUT2D eigenvalue weighted by molar-refractivity contribution is 7.15. The summed E-state index contributed by atoms with van der Waals surface area (Å²) in [5.41, 5.74) is 0.724. The van der Waals surface area contributed by atoms with Crippen molar-refractivity contribution in [3.05, 3.63) is 40.5 Å². The molecule has 0 unspecified atom stereocenters. The van der Waals surface area contributed by atoms with Crippen molar-refractivity contribution in [2.75, 3.05) is 0 Å². The van der Waals surface area contributed by atoms with Crippen molar-refractivity contribution in [1.29, 1.82) is 5.26 Å². The van der Waals surface area contributed by atoms with E-state index in [4.69, 9.17) is 5.26 Å². The van der Waals surface area contributed by atoms with Crippen LogP contribution in [0, 0.1) is 18.3 Å². The minimum atomic E-state index is -4.38. The molecule has 1 aromatic carbocycles. The van der Waals surface area contributed by atoms with Gasteiger partial charge >= 0.3 is 6.18 Å². The highest BCUT2D eigenvalue weighted by atomic mass is 32.1. The van der Waals surface area contributed by atoms with E-state index in [1.807, 2.05) is 6.07 Å². The standard InChI is InChI=1S/C14H8F3N5S/c1-7-19-12(11-10(6-18)20-22-21-11)13(23-7)8-2-4-9(5-3-8)14(15,16)17/h2-5H,1H3,(H,20,21,22). The van der Waals surface area contributed by atoms with Crippen LogP contribution in [0.2, 0.25) is 0 Å². The summed E-state index contributed by atoms with van der Waals surface area (Å²) in [7, 11) is 0. The number of aromatic amines is 1. The molecule has 23 heavy (non-hydrogen) atoms. The van der Waals surface area contributed by atoms with Crippen molar-refractivity contribution in [3.8, 4) is 27.9 Å². The first-order valence-corrected chi connectivity index (χ1v) is 7.18. The van der Waals surface area contributed by atoms with Crippen molar-refractivity contribution in [3.63, 3.8) is 0 Å². The molecule has 0 saturated heterocycles. The molecule has 0 amide bonds. The van der Waals surface area contributed by atoms with E-state index in [1.165, 1.54) is 23.5 Å². The topological polar surface area (TPSA) is 78.2 Å². The lowest BCUT2D eigenvalue weighted by molar-refractivity contribution is -0.137. The first-order chi connectivity index (χ1) is 10.9. The van der Waals surface area contributed by atoms with Crippen LogP contribution in [0.15, 0.2) is 24.3 Å². The van der Waals surface area contributed by atoms with Crippen LogP contribution in [0.4, 0.5) is 13.2 Å². The molecule has 3 rings (SSSR count). The number of rotatable bonds is 2. The Hall–Kier alpha value is -2.73. The van der Waals surface area contributed by atoms with Gasteiger partial charge in [-0.2, -0.15) is 18.4 Å². The average Bonchev–Trinajstić information content (AvgIpc) is 3.12. The molecule has 3 aromatic rings. The predicted octanol–water partition coefficient (Wildman–Crippen LogP) is 3.79. The molecule has 0 bridgehead atoms. The number of nitrogens with zero attached hydrogens (tertiary/aromatic N) is 4. The van der Waals surface area contributed by atoms with Crippen LogP contribution in [0.1, 0.15) is 16.3 Å². The van der Waals surface area contributed by atoms with E-state index < -0.39 is 11.7 Å². The molecule has 1 N–H and O–H groups in total. The third kappa shape index (κ3) is 2.80. The fourth-order valence-electron chi connectivity index (χ4n) is 2.07. The van der Waals surface area contributed by atoms with Crippen LogP contribution in [0.5, 0.6) is 0 Å². The van der Waals surface area contributed by atoms with Gasteiger partial charge < -0.3 is 0 Å². The number of thiazole rings is 1. The lowest BCUT2D eigenvalue weighted by atomic mass is 10.1. The maximum atomic E-state index is 12.7. The quantitative estimate of drug-likeness (QED) is 0.773. The second-order valence-corrected chi connectivity index (χ2v) is 5.84. The van der Waals surface area contributed by atoms with E-state index in [1.54, 1.807) is 6.92 Å². The number of halogens is 3. The lowest BCUT2D eigenvalue weighted by Crippen LogP contribution is -2.03.